The summed E-state index contributed by atoms with van der Waals surface area (Å²) < 4.78 is 32.5. The van der Waals surface area contributed by atoms with Crippen LogP contribution >= 0.6 is 11.9 Å². The first kappa shape index (κ1) is 23.2. The highest BCUT2D eigenvalue weighted by molar-refractivity contribution is 7.99. The van der Waals surface area contributed by atoms with E-state index in [1.165, 1.54) is 0 Å². The molecule has 0 saturated heterocycles. The molecule has 0 spiro atoms. The highest BCUT2D eigenvalue weighted by Crippen LogP contribution is 2.38. The van der Waals surface area contributed by atoms with Gasteiger partial charge in [0.05, 0.1) is 10.9 Å². The standard InChI is InChI=1S/C27H20F2N6OS/c28-21-9-8-19(22(29)24(21)35-37-14-15-4-2-1-3-5-15)25(36)23-20-10-17(11-32-27(20)34-33-23)18-12-30-26(31-13-18)16-6-7-16/h1-5,8-13,16,35H,6-7,14H2,(H,32,33,34). The number of halogens is 2. The summed E-state index contributed by atoms with van der Waals surface area (Å²) in [5.41, 5.74) is 2.15. The van der Waals surface area contributed by atoms with E-state index < -0.39 is 17.4 Å². The van der Waals surface area contributed by atoms with Crippen molar-refractivity contribution >= 4 is 34.5 Å². The molecule has 1 saturated carbocycles. The van der Waals surface area contributed by atoms with Crippen LogP contribution in [-0.2, 0) is 5.75 Å². The summed E-state index contributed by atoms with van der Waals surface area (Å²) in [6, 6.07) is 13.5. The van der Waals surface area contributed by atoms with E-state index in [9.17, 15) is 9.18 Å². The Balaban J connectivity index is 1.28. The number of carbonyl (C=O) groups excluding carboxylic acids is 1. The lowest BCUT2D eigenvalue weighted by Crippen LogP contribution is -2.08. The van der Waals surface area contributed by atoms with E-state index in [1.54, 1.807) is 24.7 Å². The third-order valence-corrected chi connectivity index (χ3v) is 7.00. The fourth-order valence-corrected chi connectivity index (χ4v) is 4.75. The number of aromatic amines is 1. The van der Waals surface area contributed by atoms with E-state index in [4.69, 9.17) is 0 Å². The van der Waals surface area contributed by atoms with Crippen molar-refractivity contribution in [3.8, 4) is 11.1 Å². The highest BCUT2D eigenvalue weighted by atomic mass is 32.2. The van der Waals surface area contributed by atoms with Gasteiger partial charge in [0.15, 0.2) is 11.5 Å². The Bertz CT molecular complexity index is 1600. The van der Waals surface area contributed by atoms with Gasteiger partial charge in [-0.05, 0) is 48.6 Å². The van der Waals surface area contributed by atoms with Gasteiger partial charge in [-0.1, -0.05) is 30.3 Å². The molecule has 184 valence electrons. The molecule has 5 aromatic rings. The highest BCUT2D eigenvalue weighted by Gasteiger charge is 2.26. The van der Waals surface area contributed by atoms with Crippen LogP contribution in [0.3, 0.4) is 0 Å². The third kappa shape index (κ3) is 4.67. The van der Waals surface area contributed by atoms with Crippen LogP contribution in [0.5, 0.6) is 0 Å². The van der Waals surface area contributed by atoms with Crippen LogP contribution in [-0.4, -0.2) is 30.9 Å². The Hall–Kier alpha value is -4.18. The van der Waals surface area contributed by atoms with Crippen molar-refractivity contribution in [1.82, 2.24) is 25.1 Å². The number of nitrogens with zero attached hydrogens (tertiary/aromatic N) is 4. The predicted molar refractivity (Wildman–Crippen MR) is 138 cm³/mol. The number of aromatic nitrogens is 5. The van der Waals surface area contributed by atoms with Gasteiger partial charge in [0.2, 0.25) is 5.78 Å². The SMILES string of the molecule is O=C(c1ccc(F)c(NSCc2ccccc2)c1F)c1[nH]nc2ncc(-c3cnc(C4CC4)nc3)cc12. The summed E-state index contributed by atoms with van der Waals surface area (Å²) in [5, 5.41) is 7.19. The first-order valence-electron chi connectivity index (χ1n) is 11.7. The molecule has 10 heteroatoms. The number of hydrogen-bond acceptors (Lipinski definition) is 7. The molecule has 0 radical (unpaired) electrons. The van der Waals surface area contributed by atoms with Crippen LogP contribution < -0.4 is 4.72 Å². The molecule has 3 heterocycles. The van der Waals surface area contributed by atoms with Crippen LogP contribution in [0.2, 0.25) is 0 Å². The van der Waals surface area contributed by atoms with E-state index >= 15 is 4.39 Å². The molecule has 0 aliphatic heterocycles. The van der Waals surface area contributed by atoms with Gasteiger partial charge in [0.25, 0.3) is 0 Å². The number of nitrogens with one attached hydrogen (secondary N) is 2. The Morgan fingerprint density at radius 3 is 2.51 bits per heavy atom. The summed E-state index contributed by atoms with van der Waals surface area (Å²) >= 11 is 1.13. The van der Waals surface area contributed by atoms with Crippen LogP contribution in [0, 0.1) is 11.6 Å². The van der Waals surface area contributed by atoms with Gasteiger partial charge in [-0.15, -0.1) is 0 Å². The smallest absolute Gasteiger partial charge is 0.214 e. The Labute approximate surface area is 214 Å². The minimum absolute atomic E-state index is 0.0632. The minimum Gasteiger partial charge on any atom is -0.325 e. The van der Waals surface area contributed by atoms with Gasteiger partial charge in [0.1, 0.15) is 23.0 Å². The summed E-state index contributed by atoms with van der Waals surface area (Å²) in [4.78, 5) is 26.6. The molecule has 1 aliphatic carbocycles. The zero-order valence-electron chi connectivity index (χ0n) is 19.4. The van der Waals surface area contributed by atoms with Gasteiger partial charge < -0.3 is 4.72 Å². The first-order chi connectivity index (χ1) is 18.1. The second kappa shape index (κ2) is 9.70. The second-order valence-corrected chi connectivity index (χ2v) is 9.57. The maximum absolute atomic E-state index is 15.4. The van der Waals surface area contributed by atoms with Crippen molar-refractivity contribution in [3.63, 3.8) is 0 Å². The normalized spacial score (nSPS) is 13.1. The Kier molecular flexibility index (Phi) is 6.09. The molecule has 2 N–H and O–H groups in total. The van der Waals surface area contributed by atoms with E-state index in [2.05, 4.69) is 29.9 Å². The van der Waals surface area contributed by atoms with Crippen LogP contribution in [0.25, 0.3) is 22.2 Å². The Morgan fingerprint density at radius 2 is 1.76 bits per heavy atom. The number of fused-ring (bicyclic) bond motifs is 1. The van der Waals surface area contributed by atoms with Crippen molar-refractivity contribution in [1.29, 1.82) is 0 Å². The third-order valence-electron chi connectivity index (χ3n) is 6.18. The Morgan fingerprint density at radius 1 is 1.00 bits per heavy atom. The molecule has 1 fully saturated rings. The minimum atomic E-state index is -0.971. The fourth-order valence-electron chi connectivity index (χ4n) is 3.99. The van der Waals surface area contributed by atoms with Crippen molar-refractivity contribution in [3.05, 3.63) is 101 Å². The second-order valence-electron chi connectivity index (χ2n) is 8.79. The first-order valence-corrected chi connectivity index (χ1v) is 12.7. The molecule has 7 nitrogen and oxygen atoms in total. The van der Waals surface area contributed by atoms with Crippen LogP contribution in [0.4, 0.5) is 14.5 Å². The lowest BCUT2D eigenvalue weighted by molar-refractivity contribution is 0.103. The molecule has 1 aliphatic rings. The maximum Gasteiger partial charge on any atom is 0.214 e. The number of carbonyl (C=O) groups is 1. The topological polar surface area (TPSA) is 96.5 Å². The van der Waals surface area contributed by atoms with Gasteiger partial charge in [-0.25, -0.2) is 23.7 Å². The quantitative estimate of drug-likeness (QED) is 0.192. The number of rotatable bonds is 8. The van der Waals surface area contributed by atoms with Crippen molar-refractivity contribution in [2.75, 3.05) is 4.72 Å². The summed E-state index contributed by atoms with van der Waals surface area (Å²) in [7, 11) is 0. The number of H-pyrrole nitrogens is 1. The van der Waals surface area contributed by atoms with Gasteiger partial charge >= 0.3 is 0 Å². The predicted octanol–water partition coefficient (Wildman–Crippen LogP) is 6.06. The van der Waals surface area contributed by atoms with Crippen LogP contribution in [0.1, 0.15) is 46.2 Å². The fraction of sp³-hybridized carbons (Fsp3) is 0.148. The molecule has 0 atom stereocenters. The molecule has 37 heavy (non-hydrogen) atoms. The van der Waals surface area contributed by atoms with E-state index in [0.29, 0.717) is 28.3 Å². The number of ketones is 1. The van der Waals surface area contributed by atoms with E-state index in [-0.39, 0.29) is 16.9 Å². The monoisotopic (exact) mass is 514 g/mol. The van der Waals surface area contributed by atoms with E-state index in [1.807, 2.05) is 30.3 Å². The molecule has 0 unspecified atom stereocenters. The lowest BCUT2D eigenvalue weighted by atomic mass is 10.0. The van der Waals surface area contributed by atoms with Crippen molar-refractivity contribution in [2.24, 2.45) is 0 Å². The molecule has 0 bridgehead atoms. The van der Waals surface area contributed by atoms with Gasteiger partial charge in [-0.3, -0.25) is 9.89 Å². The van der Waals surface area contributed by atoms with Gasteiger partial charge in [-0.2, -0.15) is 5.10 Å². The zero-order valence-corrected chi connectivity index (χ0v) is 20.2. The number of benzene rings is 2. The van der Waals surface area contributed by atoms with Crippen molar-refractivity contribution < 1.29 is 13.6 Å². The summed E-state index contributed by atoms with van der Waals surface area (Å²) in [6.07, 6.45) is 7.30. The largest absolute Gasteiger partial charge is 0.325 e. The molecule has 3 aromatic heterocycles. The molecular formula is C27H20F2N6OS. The molecule has 2 aromatic carbocycles. The average Bonchev–Trinajstić information content (AvgIpc) is 3.70. The van der Waals surface area contributed by atoms with E-state index in [0.717, 1.165) is 53.9 Å². The number of pyridine rings is 1. The summed E-state index contributed by atoms with van der Waals surface area (Å²) in [5.74, 6) is -0.660. The van der Waals surface area contributed by atoms with Gasteiger partial charge in [0, 0.05) is 41.4 Å². The number of anilines is 1. The van der Waals surface area contributed by atoms with Crippen molar-refractivity contribution in [2.45, 2.75) is 24.5 Å². The van der Waals surface area contributed by atoms with Crippen LogP contribution in [0.15, 0.2) is 67.1 Å². The average molecular weight is 515 g/mol. The summed E-state index contributed by atoms with van der Waals surface area (Å²) in [6.45, 7) is 0. The molecular weight excluding hydrogens is 494 g/mol. The molecule has 0 amide bonds. The lowest BCUT2D eigenvalue weighted by Gasteiger charge is -2.11. The maximum atomic E-state index is 15.4. The molecule has 6 rings (SSSR count). The zero-order chi connectivity index (χ0) is 25.4. The number of hydrogen-bond donors (Lipinski definition) is 2.